The van der Waals surface area contributed by atoms with Crippen LogP contribution in [0.1, 0.15) is 51.0 Å². The molecule has 0 saturated heterocycles. The highest BCUT2D eigenvalue weighted by atomic mass is 79.9. The summed E-state index contributed by atoms with van der Waals surface area (Å²) < 4.78 is 6.86. The van der Waals surface area contributed by atoms with Crippen molar-refractivity contribution in [3.8, 4) is 5.75 Å². The van der Waals surface area contributed by atoms with Crippen molar-refractivity contribution in [3.63, 3.8) is 0 Å². The molecule has 0 spiro atoms. The number of hydrogen-bond acceptors (Lipinski definition) is 3. The van der Waals surface area contributed by atoms with E-state index in [2.05, 4.69) is 27.3 Å². The van der Waals surface area contributed by atoms with Gasteiger partial charge in [-0.3, -0.25) is 0 Å². The maximum atomic E-state index is 10.9. The fourth-order valence-electron chi connectivity index (χ4n) is 5.69. The van der Waals surface area contributed by atoms with Gasteiger partial charge in [0.25, 0.3) is 0 Å². The SMILES string of the molecule is CCOc1ccc(Br)cc1CNC12CC3CC(CC(O)(C3)C1)C2. The molecule has 4 saturated carbocycles. The number of nitrogens with one attached hydrogen (secondary N) is 1. The van der Waals surface area contributed by atoms with Gasteiger partial charge < -0.3 is 15.2 Å². The van der Waals surface area contributed by atoms with Crippen molar-refractivity contribution in [2.45, 2.75) is 63.1 Å². The zero-order valence-electron chi connectivity index (χ0n) is 13.8. The van der Waals surface area contributed by atoms with Gasteiger partial charge in [-0.15, -0.1) is 0 Å². The Morgan fingerprint density at radius 3 is 2.65 bits per heavy atom. The molecular formula is C19H26BrNO2. The minimum atomic E-state index is -0.406. The first-order valence-electron chi connectivity index (χ1n) is 8.88. The highest BCUT2D eigenvalue weighted by molar-refractivity contribution is 9.10. The van der Waals surface area contributed by atoms with Crippen molar-refractivity contribution in [2.75, 3.05) is 6.61 Å². The molecule has 0 amide bonds. The average Bonchev–Trinajstić information content (AvgIpc) is 2.45. The molecular weight excluding hydrogens is 354 g/mol. The highest BCUT2D eigenvalue weighted by Gasteiger charge is 2.56. The van der Waals surface area contributed by atoms with Gasteiger partial charge in [-0.05, 0) is 75.5 Å². The van der Waals surface area contributed by atoms with Gasteiger partial charge in [0.15, 0.2) is 0 Å². The molecule has 0 aromatic heterocycles. The Hall–Kier alpha value is -0.580. The lowest BCUT2D eigenvalue weighted by Gasteiger charge is -2.60. The second-order valence-corrected chi connectivity index (χ2v) is 8.92. The van der Waals surface area contributed by atoms with Gasteiger partial charge in [-0.1, -0.05) is 15.9 Å². The Balaban J connectivity index is 1.52. The van der Waals surface area contributed by atoms with Gasteiger partial charge in [0, 0.05) is 22.1 Å². The summed E-state index contributed by atoms with van der Waals surface area (Å²) >= 11 is 3.57. The van der Waals surface area contributed by atoms with Crippen LogP contribution in [0.5, 0.6) is 5.75 Å². The largest absolute Gasteiger partial charge is 0.494 e. The lowest BCUT2D eigenvalue weighted by molar-refractivity contribution is -0.142. The smallest absolute Gasteiger partial charge is 0.123 e. The summed E-state index contributed by atoms with van der Waals surface area (Å²) in [7, 11) is 0. The summed E-state index contributed by atoms with van der Waals surface area (Å²) in [6.07, 6.45) is 6.74. The predicted octanol–water partition coefficient (Wildman–Crippen LogP) is 4.02. The van der Waals surface area contributed by atoms with Crippen LogP contribution in [0.25, 0.3) is 0 Å². The van der Waals surface area contributed by atoms with Crippen LogP contribution < -0.4 is 10.1 Å². The fraction of sp³-hybridized carbons (Fsp3) is 0.684. The predicted molar refractivity (Wildman–Crippen MR) is 94.5 cm³/mol. The number of ether oxygens (including phenoxy) is 1. The van der Waals surface area contributed by atoms with Crippen LogP contribution in [-0.2, 0) is 6.54 Å². The molecule has 4 heteroatoms. The van der Waals surface area contributed by atoms with Crippen LogP contribution in [0.3, 0.4) is 0 Å². The summed E-state index contributed by atoms with van der Waals surface area (Å²) in [5, 5.41) is 14.7. The van der Waals surface area contributed by atoms with Gasteiger partial charge in [0.05, 0.1) is 12.2 Å². The average molecular weight is 380 g/mol. The number of aliphatic hydroxyl groups is 1. The number of rotatable bonds is 5. The summed E-state index contributed by atoms with van der Waals surface area (Å²) in [4.78, 5) is 0. The van der Waals surface area contributed by atoms with Crippen LogP contribution >= 0.6 is 15.9 Å². The number of halogens is 1. The van der Waals surface area contributed by atoms with Crippen LogP contribution in [-0.4, -0.2) is 22.9 Å². The van der Waals surface area contributed by atoms with Gasteiger partial charge in [-0.2, -0.15) is 0 Å². The summed E-state index contributed by atoms with van der Waals surface area (Å²) in [5.41, 5.74) is 0.922. The quantitative estimate of drug-likeness (QED) is 0.811. The van der Waals surface area contributed by atoms with Gasteiger partial charge in [-0.25, -0.2) is 0 Å². The topological polar surface area (TPSA) is 41.5 Å². The van der Waals surface area contributed by atoms with E-state index in [0.717, 1.165) is 36.0 Å². The normalized spacial score (nSPS) is 38.0. The minimum Gasteiger partial charge on any atom is -0.494 e. The van der Waals surface area contributed by atoms with Crippen molar-refractivity contribution in [2.24, 2.45) is 11.8 Å². The van der Waals surface area contributed by atoms with Crippen LogP contribution in [0, 0.1) is 11.8 Å². The molecule has 4 aliphatic carbocycles. The molecule has 1 aromatic rings. The van der Waals surface area contributed by atoms with Crippen LogP contribution in [0.4, 0.5) is 0 Å². The molecule has 0 radical (unpaired) electrons. The summed E-state index contributed by atoms with van der Waals surface area (Å²) in [6, 6.07) is 6.22. The highest BCUT2D eigenvalue weighted by Crippen LogP contribution is 2.57. The van der Waals surface area contributed by atoms with Crippen molar-refractivity contribution >= 4 is 15.9 Å². The van der Waals surface area contributed by atoms with E-state index in [-0.39, 0.29) is 5.54 Å². The Kier molecular flexibility index (Phi) is 3.98. The molecule has 1 aromatic carbocycles. The van der Waals surface area contributed by atoms with E-state index in [4.69, 9.17) is 4.74 Å². The molecule has 126 valence electrons. The molecule has 23 heavy (non-hydrogen) atoms. The van der Waals surface area contributed by atoms with Crippen molar-refractivity contribution < 1.29 is 9.84 Å². The molecule has 4 fully saturated rings. The van der Waals surface area contributed by atoms with E-state index in [1.807, 2.05) is 19.1 Å². The Morgan fingerprint density at radius 2 is 2.00 bits per heavy atom. The fourth-order valence-corrected chi connectivity index (χ4v) is 6.09. The Labute approximate surface area is 146 Å². The molecule has 2 atom stereocenters. The Bertz CT molecular complexity index is 589. The molecule has 5 rings (SSSR count). The van der Waals surface area contributed by atoms with Crippen molar-refractivity contribution in [1.29, 1.82) is 0 Å². The van der Waals surface area contributed by atoms with Gasteiger partial charge in [0.1, 0.15) is 5.75 Å². The van der Waals surface area contributed by atoms with E-state index < -0.39 is 5.60 Å². The first kappa shape index (κ1) is 15.9. The van der Waals surface area contributed by atoms with Crippen molar-refractivity contribution in [3.05, 3.63) is 28.2 Å². The molecule has 4 bridgehead atoms. The van der Waals surface area contributed by atoms with Crippen LogP contribution in [0.2, 0.25) is 0 Å². The third kappa shape index (κ3) is 3.06. The molecule has 3 nitrogen and oxygen atoms in total. The zero-order valence-corrected chi connectivity index (χ0v) is 15.4. The van der Waals surface area contributed by atoms with E-state index in [1.54, 1.807) is 0 Å². The first-order valence-corrected chi connectivity index (χ1v) is 9.67. The van der Waals surface area contributed by atoms with Gasteiger partial charge >= 0.3 is 0 Å². The standard InChI is InChI=1S/C19H26BrNO2/c1-2-23-17-4-3-16(20)6-15(17)11-21-18-7-13-5-14(8-18)10-19(22,9-13)12-18/h3-4,6,13-14,21-22H,2,5,7-12H2,1H3. The summed E-state index contributed by atoms with van der Waals surface area (Å²) in [5.74, 6) is 2.39. The van der Waals surface area contributed by atoms with Crippen LogP contribution in [0.15, 0.2) is 22.7 Å². The number of benzene rings is 1. The second-order valence-electron chi connectivity index (χ2n) is 8.00. The van der Waals surface area contributed by atoms with Gasteiger partial charge in [0.2, 0.25) is 0 Å². The Morgan fingerprint density at radius 1 is 1.26 bits per heavy atom. The van der Waals surface area contributed by atoms with E-state index in [9.17, 15) is 5.11 Å². The lowest BCUT2D eigenvalue weighted by atomic mass is 9.51. The maximum absolute atomic E-state index is 10.9. The summed E-state index contributed by atoms with van der Waals surface area (Å²) in [6.45, 7) is 3.52. The van der Waals surface area contributed by atoms with E-state index >= 15 is 0 Å². The maximum Gasteiger partial charge on any atom is 0.123 e. The molecule has 0 aliphatic heterocycles. The molecule has 2 unspecified atom stereocenters. The molecule has 0 heterocycles. The lowest BCUT2D eigenvalue weighted by Crippen LogP contribution is -2.64. The zero-order chi connectivity index (χ0) is 16.1. The second kappa shape index (κ2) is 5.75. The van der Waals surface area contributed by atoms with E-state index in [0.29, 0.717) is 18.4 Å². The van der Waals surface area contributed by atoms with Crippen molar-refractivity contribution in [1.82, 2.24) is 5.32 Å². The molecule has 4 aliphatic rings. The number of hydrogen-bond donors (Lipinski definition) is 2. The molecule has 2 N–H and O–H groups in total. The van der Waals surface area contributed by atoms with E-state index in [1.165, 1.54) is 24.8 Å². The first-order chi connectivity index (χ1) is 11.0. The third-order valence-corrected chi connectivity index (χ3v) is 6.50. The third-order valence-electron chi connectivity index (χ3n) is 6.01. The minimum absolute atomic E-state index is 0.130. The monoisotopic (exact) mass is 379 g/mol.